The van der Waals surface area contributed by atoms with Crippen molar-refractivity contribution < 1.29 is 17.9 Å². The molecule has 1 fully saturated rings. The van der Waals surface area contributed by atoms with Crippen molar-refractivity contribution in [2.45, 2.75) is 77.0 Å². The van der Waals surface area contributed by atoms with Gasteiger partial charge in [-0.2, -0.15) is 4.31 Å². The molecule has 1 aromatic carbocycles. The Balaban J connectivity index is 2.01. The van der Waals surface area contributed by atoms with Gasteiger partial charge in [0.2, 0.25) is 10.0 Å². The molecule has 27 heavy (non-hydrogen) atoms. The number of sulfonamides is 1. The van der Waals surface area contributed by atoms with Crippen LogP contribution in [0.15, 0.2) is 30.3 Å². The Kier molecular flexibility index (Phi) is 7.65. The van der Waals surface area contributed by atoms with Gasteiger partial charge >= 0.3 is 5.97 Å². The predicted octanol–water partition coefficient (Wildman–Crippen LogP) is 4.03. The van der Waals surface area contributed by atoms with E-state index >= 15 is 0 Å². The highest BCUT2D eigenvalue weighted by atomic mass is 32.2. The number of benzene rings is 1. The fourth-order valence-corrected chi connectivity index (χ4v) is 8.47. The summed E-state index contributed by atoms with van der Waals surface area (Å²) in [6.07, 6.45) is 2.64. The lowest BCUT2D eigenvalue weighted by Crippen LogP contribution is -2.50. The molecule has 0 radical (unpaired) electrons. The molecule has 152 valence electrons. The minimum absolute atomic E-state index is 0.0580. The number of hydrogen-bond acceptors (Lipinski definition) is 4. The van der Waals surface area contributed by atoms with Crippen LogP contribution in [0.5, 0.6) is 0 Å². The lowest BCUT2D eigenvalue weighted by Gasteiger charge is -2.39. The van der Waals surface area contributed by atoms with E-state index in [9.17, 15) is 13.2 Å². The van der Waals surface area contributed by atoms with Crippen LogP contribution in [0.1, 0.15) is 38.2 Å². The van der Waals surface area contributed by atoms with Gasteiger partial charge in [0.25, 0.3) is 0 Å². The fraction of sp³-hybridized carbons (Fsp3) is 0.650. The van der Waals surface area contributed by atoms with E-state index in [1.165, 1.54) is 0 Å². The highest BCUT2D eigenvalue weighted by molar-refractivity contribution is 7.89. The van der Waals surface area contributed by atoms with E-state index in [1.54, 1.807) is 4.31 Å². The zero-order valence-corrected chi connectivity index (χ0v) is 18.8. The molecule has 1 aromatic rings. The third-order valence-electron chi connectivity index (χ3n) is 5.03. The normalized spacial score (nSPS) is 21.8. The molecule has 2 rings (SSSR count). The number of carbonyl (C=O) groups excluding carboxylic acids is 1. The number of esters is 1. The lowest BCUT2D eigenvalue weighted by atomic mass is 9.97. The van der Waals surface area contributed by atoms with Crippen LogP contribution in [0.25, 0.3) is 0 Å². The zero-order valence-electron chi connectivity index (χ0n) is 17.0. The van der Waals surface area contributed by atoms with Crippen molar-refractivity contribution in [2.24, 2.45) is 0 Å². The van der Waals surface area contributed by atoms with Crippen molar-refractivity contribution in [3.63, 3.8) is 0 Å². The van der Waals surface area contributed by atoms with E-state index in [4.69, 9.17) is 4.74 Å². The maximum atomic E-state index is 13.0. The number of ether oxygens (including phenoxy) is 1. The SMILES string of the molecule is C[C@@H]1CCC[C@H](CC(=O)OCc2ccccc2)N1S(=O)(=O)CC[Si](C)(C)C. The zero-order chi connectivity index (χ0) is 20.1. The lowest BCUT2D eigenvalue weighted by molar-refractivity contribution is -0.146. The van der Waals surface area contributed by atoms with Crippen molar-refractivity contribution in [3.8, 4) is 0 Å². The predicted molar refractivity (Wildman–Crippen MR) is 112 cm³/mol. The van der Waals surface area contributed by atoms with E-state index in [0.29, 0.717) is 0 Å². The van der Waals surface area contributed by atoms with E-state index in [0.717, 1.165) is 30.9 Å². The highest BCUT2D eigenvalue weighted by Crippen LogP contribution is 2.29. The van der Waals surface area contributed by atoms with Gasteiger partial charge in [-0.05, 0) is 31.4 Å². The summed E-state index contributed by atoms with van der Waals surface area (Å²) in [5.41, 5.74) is 0.933. The van der Waals surface area contributed by atoms with Crippen molar-refractivity contribution in [1.29, 1.82) is 0 Å². The smallest absolute Gasteiger partial charge is 0.307 e. The van der Waals surface area contributed by atoms with Crippen LogP contribution in [-0.4, -0.2) is 44.6 Å². The second-order valence-electron chi connectivity index (χ2n) is 8.74. The van der Waals surface area contributed by atoms with Crippen LogP contribution >= 0.6 is 0 Å². The maximum Gasteiger partial charge on any atom is 0.307 e. The molecule has 1 heterocycles. The second-order valence-corrected chi connectivity index (χ2v) is 16.4. The van der Waals surface area contributed by atoms with Crippen molar-refractivity contribution >= 4 is 24.1 Å². The maximum absolute atomic E-state index is 13.0. The first-order chi connectivity index (χ1) is 12.6. The molecule has 2 atom stereocenters. The standard InChI is InChI=1S/C20H33NO4SSi/c1-17-9-8-12-19(21(17)26(23,24)13-14-27(2,3)4)15-20(22)25-16-18-10-6-5-7-11-18/h5-7,10-11,17,19H,8-9,12-16H2,1-4H3/t17-,19-/m1/s1. The van der Waals surface area contributed by atoms with Gasteiger partial charge in [-0.1, -0.05) is 56.4 Å². The average molecular weight is 412 g/mol. The third-order valence-corrected chi connectivity index (χ3v) is 9.16. The Bertz CT molecular complexity index is 715. The highest BCUT2D eigenvalue weighted by Gasteiger charge is 2.38. The molecule has 0 aliphatic carbocycles. The van der Waals surface area contributed by atoms with Crippen LogP contribution in [0.2, 0.25) is 25.7 Å². The first kappa shape index (κ1) is 22.1. The van der Waals surface area contributed by atoms with Crippen molar-refractivity contribution in [3.05, 3.63) is 35.9 Å². The van der Waals surface area contributed by atoms with E-state index in [1.807, 2.05) is 37.3 Å². The molecule has 0 amide bonds. The fourth-order valence-electron chi connectivity index (χ4n) is 3.49. The summed E-state index contributed by atoms with van der Waals surface area (Å²) < 4.78 is 33.0. The third kappa shape index (κ3) is 7.05. The van der Waals surface area contributed by atoms with Gasteiger partial charge in [0.1, 0.15) is 6.61 Å². The molecule has 7 heteroatoms. The molecule has 0 bridgehead atoms. The summed E-state index contributed by atoms with van der Waals surface area (Å²) in [4.78, 5) is 12.3. The Hall–Kier alpha value is -1.18. The van der Waals surface area contributed by atoms with E-state index in [2.05, 4.69) is 19.6 Å². The number of hydrogen-bond donors (Lipinski definition) is 0. The number of carbonyl (C=O) groups is 1. The van der Waals surface area contributed by atoms with Gasteiger partial charge in [-0.15, -0.1) is 0 Å². The average Bonchev–Trinajstić information content (AvgIpc) is 2.58. The first-order valence-corrected chi connectivity index (χ1v) is 15.1. The number of rotatable bonds is 8. The molecule has 1 aliphatic heterocycles. The van der Waals surface area contributed by atoms with Crippen LogP contribution < -0.4 is 0 Å². The van der Waals surface area contributed by atoms with Crippen LogP contribution in [0.3, 0.4) is 0 Å². The molecule has 5 nitrogen and oxygen atoms in total. The first-order valence-electron chi connectivity index (χ1n) is 9.79. The minimum atomic E-state index is -3.37. The van der Waals surface area contributed by atoms with Gasteiger partial charge in [-0.3, -0.25) is 4.79 Å². The summed E-state index contributed by atoms with van der Waals surface area (Å²) in [5, 5.41) is 0. The van der Waals surface area contributed by atoms with Gasteiger partial charge in [0.05, 0.1) is 12.2 Å². The monoisotopic (exact) mass is 411 g/mol. The van der Waals surface area contributed by atoms with Gasteiger partial charge < -0.3 is 4.74 Å². The van der Waals surface area contributed by atoms with E-state index in [-0.39, 0.29) is 36.8 Å². The van der Waals surface area contributed by atoms with Crippen LogP contribution in [0, 0.1) is 0 Å². The number of piperidine rings is 1. The van der Waals surface area contributed by atoms with Gasteiger partial charge in [-0.25, -0.2) is 8.42 Å². The largest absolute Gasteiger partial charge is 0.461 e. The molecule has 1 saturated heterocycles. The Labute approximate surface area is 165 Å². The van der Waals surface area contributed by atoms with Crippen LogP contribution in [0.4, 0.5) is 0 Å². The van der Waals surface area contributed by atoms with E-state index < -0.39 is 18.1 Å². The van der Waals surface area contributed by atoms with Crippen LogP contribution in [-0.2, 0) is 26.2 Å². The Morgan fingerprint density at radius 2 is 1.85 bits per heavy atom. The second kappa shape index (κ2) is 9.34. The number of nitrogens with zero attached hydrogens (tertiary/aromatic N) is 1. The summed E-state index contributed by atoms with van der Waals surface area (Å²) in [6, 6.07) is 9.92. The topological polar surface area (TPSA) is 63.7 Å². The summed E-state index contributed by atoms with van der Waals surface area (Å²) >= 11 is 0. The minimum Gasteiger partial charge on any atom is -0.461 e. The summed E-state index contributed by atoms with van der Waals surface area (Å²) in [5.74, 6) is -0.147. The molecule has 0 spiro atoms. The summed E-state index contributed by atoms with van der Waals surface area (Å²) in [7, 11) is -4.82. The molecule has 0 unspecified atom stereocenters. The van der Waals surface area contributed by atoms with Gasteiger partial charge in [0, 0.05) is 20.2 Å². The summed E-state index contributed by atoms with van der Waals surface area (Å²) in [6.45, 7) is 8.72. The van der Waals surface area contributed by atoms with Crippen molar-refractivity contribution in [2.75, 3.05) is 5.75 Å². The molecule has 1 aliphatic rings. The molecule has 0 saturated carbocycles. The molecule has 0 aromatic heterocycles. The molecular weight excluding hydrogens is 378 g/mol. The van der Waals surface area contributed by atoms with Crippen molar-refractivity contribution in [1.82, 2.24) is 4.31 Å². The Morgan fingerprint density at radius 3 is 2.48 bits per heavy atom. The molecule has 0 N–H and O–H groups in total. The molecular formula is C20H33NO4SSi. The van der Waals surface area contributed by atoms with Gasteiger partial charge in [0.15, 0.2) is 0 Å². The Morgan fingerprint density at radius 1 is 1.19 bits per heavy atom. The quantitative estimate of drug-likeness (QED) is 0.478.